The standard InChI is InChI=1S/C8F18O4S/c9-1(3(11,12)13,4(14,15)16)29-2(10,5(17,18)19)7(23,24)30-8(25,6(20,21)22)31(26,27)28. The molecular weight excluding hydrogens is 534 g/mol. The van der Waals surface area contributed by atoms with Gasteiger partial charge in [-0.2, -0.15) is 83.1 Å². The van der Waals surface area contributed by atoms with Gasteiger partial charge in [0.1, 0.15) is 0 Å². The molecule has 2 atom stereocenters. The summed E-state index contributed by atoms with van der Waals surface area (Å²) in [5.74, 6) is -16.5. The van der Waals surface area contributed by atoms with Crippen LogP contribution < -0.4 is 0 Å². The molecule has 0 heterocycles. The summed E-state index contributed by atoms with van der Waals surface area (Å²) in [6, 6.07) is 0. The van der Waals surface area contributed by atoms with Crippen LogP contribution >= 0.6 is 0 Å². The molecule has 4 nitrogen and oxygen atoms in total. The first-order valence-corrected chi connectivity index (χ1v) is 7.35. The van der Waals surface area contributed by atoms with E-state index in [2.05, 4.69) is 0 Å². The highest BCUT2D eigenvalue weighted by Gasteiger charge is 2.87. The van der Waals surface area contributed by atoms with Gasteiger partial charge < -0.3 is 0 Å². The molecule has 2 unspecified atom stereocenters. The normalized spacial score (nSPS) is 19.7. The topological polar surface area (TPSA) is 52.6 Å². The lowest BCUT2D eigenvalue weighted by atomic mass is 10.2. The fourth-order valence-corrected chi connectivity index (χ4v) is 1.71. The van der Waals surface area contributed by atoms with Gasteiger partial charge in [0.25, 0.3) is 0 Å². The molecule has 31 heavy (non-hydrogen) atoms. The summed E-state index contributed by atoms with van der Waals surface area (Å²) in [5, 5.41) is -7.73. The van der Waals surface area contributed by atoms with Crippen LogP contribution in [0, 0.1) is 0 Å². The predicted molar refractivity (Wildman–Crippen MR) is 52.9 cm³/mol. The van der Waals surface area contributed by atoms with Crippen molar-refractivity contribution in [3.8, 4) is 0 Å². The minimum atomic E-state index is -8.38. The summed E-state index contributed by atoms with van der Waals surface area (Å²) >= 11 is 0. The van der Waals surface area contributed by atoms with Crippen LogP contribution in [0.25, 0.3) is 0 Å². The summed E-state index contributed by atoms with van der Waals surface area (Å²) in [4.78, 5) is 0. The Morgan fingerprint density at radius 3 is 0.935 bits per heavy atom. The first-order chi connectivity index (χ1) is 12.9. The van der Waals surface area contributed by atoms with Gasteiger partial charge in [0, 0.05) is 0 Å². The van der Waals surface area contributed by atoms with Crippen molar-refractivity contribution < 1.29 is 96.4 Å². The van der Waals surface area contributed by atoms with E-state index in [9.17, 15) is 86.9 Å². The molecule has 0 N–H and O–H groups in total. The molecule has 0 spiro atoms. The van der Waals surface area contributed by atoms with Gasteiger partial charge in [-0.15, -0.1) is 0 Å². The largest absolute Gasteiger partial charge is 0.467 e. The zero-order valence-corrected chi connectivity index (χ0v) is 13.7. The Labute approximate surface area is 155 Å². The molecule has 0 amide bonds. The maximum Gasteiger partial charge on any atom is 0.467 e. The summed E-state index contributed by atoms with van der Waals surface area (Å²) in [7, 11) is -8.38. The van der Waals surface area contributed by atoms with Crippen molar-refractivity contribution in [3.63, 3.8) is 0 Å². The SMILES string of the molecule is O=S(=O)(F)C(F)(OC(F)(F)C(F)(OC(F)(C(F)(F)F)C(F)(F)F)C(F)(F)F)C(F)(F)F. The molecule has 0 aliphatic heterocycles. The van der Waals surface area contributed by atoms with Gasteiger partial charge in [-0.3, -0.25) is 9.47 Å². The van der Waals surface area contributed by atoms with Crippen molar-refractivity contribution in [3.05, 3.63) is 0 Å². The van der Waals surface area contributed by atoms with Crippen LogP contribution in [0.4, 0.5) is 78.5 Å². The van der Waals surface area contributed by atoms with E-state index < -0.39 is 57.9 Å². The molecule has 0 aliphatic carbocycles. The molecule has 0 saturated carbocycles. The highest BCUT2D eigenvalue weighted by atomic mass is 32.3. The Bertz CT molecular complexity index is 745. The fourth-order valence-electron chi connectivity index (χ4n) is 1.23. The second kappa shape index (κ2) is 7.31. The molecule has 188 valence electrons. The van der Waals surface area contributed by atoms with E-state index in [-0.39, 0.29) is 0 Å². The number of alkyl halides is 17. The summed E-state index contributed by atoms with van der Waals surface area (Å²) in [5.41, 5.74) is 0. The minimum absolute atomic E-state index is 1.12. The third-order valence-corrected chi connectivity index (χ3v) is 3.60. The zero-order valence-electron chi connectivity index (χ0n) is 12.8. The maximum absolute atomic E-state index is 13.6. The molecule has 0 aromatic carbocycles. The zero-order chi connectivity index (χ0) is 25.9. The highest BCUT2D eigenvalue weighted by Crippen LogP contribution is 2.57. The van der Waals surface area contributed by atoms with E-state index in [1.807, 2.05) is 0 Å². The Kier molecular flexibility index (Phi) is 6.99. The summed E-state index contributed by atoms with van der Waals surface area (Å²) < 4.78 is 249. The molecule has 0 bridgehead atoms. The molecule has 0 rings (SSSR count). The molecule has 0 saturated heterocycles. The molecule has 23 heteroatoms. The predicted octanol–water partition coefficient (Wildman–Crippen LogP) is 5.12. The number of rotatable bonds is 6. The van der Waals surface area contributed by atoms with E-state index in [0.717, 1.165) is 4.74 Å². The molecule has 0 fully saturated rings. The number of hydrogen-bond acceptors (Lipinski definition) is 4. The van der Waals surface area contributed by atoms with Crippen LogP contribution in [-0.4, -0.2) is 56.1 Å². The Morgan fingerprint density at radius 1 is 0.452 bits per heavy atom. The van der Waals surface area contributed by atoms with Gasteiger partial charge in [0.05, 0.1) is 0 Å². The van der Waals surface area contributed by atoms with Crippen molar-refractivity contribution >= 4 is 10.2 Å². The van der Waals surface area contributed by atoms with E-state index >= 15 is 0 Å². The van der Waals surface area contributed by atoms with Gasteiger partial charge in [-0.25, -0.2) is 0 Å². The minimum Gasteiger partial charge on any atom is -0.280 e. The van der Waals surface area contributed by atoms with Crippen LogP contribution in [0.5, 0.6) is 0 Å². The lowest BCUT2D eigenvalue weighted by Crippen LogP contribution is -2.69. The molecule has 0 aromatic rings. The molecule has 0 radical (unpaired) electrons. The highest BCUT2D eigenvalue weighted by molar-refractivity contribution is 7.87. The maximum atomic E-state index is 13.6. The van der Waals surface area contributed by atoms with Gasteiger partial charge >= 0.3 is 57.9 Å². The number of ether oxygens (including phenoxy) is 2. The van der Waals surface area contributed by atoms with Gasteiger partial charge in [0.15, 0.2) is 0 Å². The lowest BCUT2D eigenvalue weighted by Gasteiger charge is -2.40. The lowest BCUT2D eigenvalue weighted by molar-refractivity contribution is -0.549. The second-order valence-corrected chi connectivity index (χ2v) is 6.28. The fraction of sp³-hybridized carbons (Fsp3) is 1.00. The van der Waals surface area contributed by atoms with E-state index in [0.29, 0.717) is 0 Å². The van der Waals surface area contributed by atoms with Crippen molar-refractivity contribution in [2.75, 3.05) is 0 Å². The quantitative estimate of drug-likeness (QED) is 0.351. The van der Waals surface area contributed by atoms with Gasteiger partial charge in [-0.05, 0) is 0 Å². The summed E-state index contributed by atoms with van der Waals surface area (Å²) in [6.07, 6.45) is -40.0. The Hall–Kier alpha value is -1.39. The monoisotopic (exact) mass is 534 g/mol. The van der Waals surface area contributed by atoms with E-state index in [1.165, 1.54) is 4.74 Å². The smallest absolute Gasteiger partial charge is 0.280 e. The van der Waals surface area contributed by atoms with Crippen molar-refractivity contribution in [2.45, 2.75) is 47.7 Å². The van der Waals surface area contributed by atoms with E-state index in [1.54, 1.807) is 0 Å². The first-order valence-electron chi connectivity index (χ1n) is 5.97. The van der Waals surface area contributed by atoms with Crippen LogP contribution in [0.2, 0.25) is 0 Å². The van der Waals surface area contributed by atoms with E-state index in [4.69, 9.17) is 0 Å². The van der Waals surface area contributed by atoms with Crippen LogP contribution in [0.1, 0.15) is 0 Å². The molecule has 0 aliphatic rings. The number of halogens is 18. The van der Waals surface area contributed by atoms with Crippen molar-refractivity contribution in [1.82, 2.24) is 0 Å². The summed E-state index contributed by atoms with van der Waals surface area (Å²) in [6.45, 7) is 0. The average Bonchev–Trinajstić information content (AvgIpc) is 2.40. The number of hydrogen-bond donors (Lipinski definition) is 0. The van der Waals surface area contributed by atoms with Crippen LogP contribution in [0.3, 0.4) is 0 Å². The van der Waals surface area contributed by atoms with Crippen LogP contribution in [0.15, 0.2) is 0 Å². The van der Waals surface area contributed by atoms with Gasteiger partial charge in [-0.1, -0.05) is 3.89 Å². The van der Waals surface area contributed by atoms with Gasteiger partial charge in [0.2, 0.25) is 0 Å². The average molecular weight is 534 g/mol. The second-order valence-electron chi connectivity index (χ2n) is 4.88. The molecule has 0 aromatic heterocycles. The van der Waals surface area contributed by atoms with Crippen molar-refractivity contribution in [1.29, 1.82) is 0 Å². The van der Waals surface area contributed by atoms with Crippen molar-refractivity contribution in [2.24, 2.45) is 0 Å². The van der Waals surface area contributed by atoms with Crippen LogP contribution in [-0.2, 0) is 19.7 Å². The third-order valence-electron chi connectivity index (χ3n) is 2.66. The third kappa shape index (κ3) is 4.85. The Morgan fingerprint density at radius 2 is 0.742 bits per heavy atom. The molecular formula is C8F18O4S. The Balaban J connectivity index is 7.00. The first kappa shape index (κ1) is 29.6.